The number of para-hydroxylation sites is 1. The molecular formula is C40H25NOS. The molecule has 2 aromatic heterocycles. The fourth-order valence-corrected chi connectivity index (χ4v) is 7.94. The number of aromatic hydroxyl groups is 1. The highest BCUT2D eigenvalue weighted by molar-refractivity contribution is 7.27. The van der Waals surface area contributed by atoms with Gasteiger partial charge in [-0.25, -0.2) is 0 Å². The molecule has 9 rings (SSSR count). The van der Waals surface area contributed by atoms with E-state index in [0.29, 0.717) is 0 Å². The molecule has 43 heavy (non-hydrogen) atoms. The van der Waals surface area contributed by atoms with E-state index in [9.17, 15) is 5.11 Å². The van der Waals surface area contributed by atoms with Crippen LogP contribution in [0.3, 0.4) is 0 Å². The van der Waals surface area contributed by atoms with Crippen LogP contribution in [0.15, 0.2) is 146 Å². The molecule has 7 aromatic carbocycles. The van der Waals surface area contributed by atoms with Gasteiger partial charge in [0, 0.05) is 47.4 Å². The van der Waals surface area contributed by atoms with E-state index in [2.05, 4.69) is 126 Å². The van der Waals surface area contributed by atoms with E-state index >= 15 is 0 Å². The number of fused-ring (bicyclic) bond motifs is 10. The van der Waals surface area contributed by atoms with Crippen LogP contribution in [0.4, 0.5) is 0 Å². The average Bonchev–Trinajstić information content (AvgIpc) is 3.62. The van der Waals surface area contributed by atoms with Crippen LogP contribution in [0.5, 0.6) is 5.75 Å². The maximum atomic E-state index is 9.94. The fraction of sp³-hybridized carbons (Fsp3) is 0. The molecule has 0 aliphatic heterocycles. The van der Waals surface area contributed by atoms with Crippen molar-refractivity contribution in [1.82, 2.24) is 4.57 Å². The average molecular weight is 568 g/mol. The highest BCUT2D eigenvalue weighted by atomic mass is 32.1. The Hall–Kier alpha value is -5.38. The number of nitrogens with zero attached hydrogens (tertiary/aromatic N) is 1. The van der Waals surface area contributed by atoms with E-state index in [1.54, 1.807) is 12.1 Å². The summed E-state index contributed by atoms with van der Waals surface area (Å²) in [5.74, 6) is 0.276. The Balaban J connectivity index is 1.51. The summed E-state index contributed by atoms with van der Waals surface area (Å²) in [6.45, 7) is 0. The Morgan fingerprint density at radius 1 is 0.465 bits per heavy atom. The number of hydrogen-bond acceptors (Lipinski definition) is 2. The minimum atomic E-state index is 0.276. The molecule has 0 fully saturated rings. The summed E-state index contributed by atoms with van der Waals surface area (Å²) in [5.41, 5.74) is 8.22. The van der Waals surface area contributed by atoms with Gasteiger partial charge in [-0.3, -0.25) is 0 Å². The Labute approximate surface area is 252 Å². The zero-order valence-electron chi connectivity index (χ0n) is 23.2. The van der Waals surface area contributed by atoms with Gasteiger partial charge in [0.2, 0.25) is 0 Å². The van der Waals surface area contributed by atoms with E-state index < -0.39 is 0 Å². The van der Waals surface area contributed by atoms with Gasteiger partial charge in [0.1, 0.15) is 5.75 Å². The highest BCUT2D eigenvalue weighted by Crippen LogP contribution is 2.49. The predicted molar refractivity (Wildman–Crippen MR) is 184 cm³/mol. The molecule has 9 aromatic rings. The second-order valence-electron chi connectivity index (χ2n) is 11.1. The first-order valence-electron chi connectivity index (χ1n) is 14.5. The predicted octanol–water partition coefficient (Wildman–Crippen LogP) is 11.3. The number of aromatic nitrogens is 1. The lowest BCUT2D eigenvalue weighted by molar-refractivity contribution is 0.475. The van der Waals surface area contributed by atoms with Crippen LogP contribution in [-0.4, -0.2) is 9.67 Å². The first-order chi connectivity index (χ1) is 21.2. The van der Waals surface area contributed by atoms with Crippen molar-refractivity contribution in [3.05, 3.63) is 146 Å². The molecular weight excluding hydrogens is 543 g/mol. The summed E-state index contributed by atoms with van der Waals surface area (Å²) in [4.78, 5) is 0. The fourth-order valence-electron chi connectivity index (χ4n) is 6.71. The van der Waals surface area contributed by atoms with Gasteiger partial charge in [-0.15, -0.1) is 11.3 Å². The summed E-state index contributed by atoms with van der Waals surface area (Å²) in [5, 5.41) is 17.6. The number of benzene rings is 7. The number of phenolic OH excluding ortho intramolecular Hbond substituents is 1. The van der Waals surface area contributed by atoms with Gasteiger partial charge < -0.3 is 9.67 Å². The largest absolute Gasteiger partial charge is 0.508 e. The van der Waals surface area contributed by atoms with Crippen LogP contribution < -0.4 is 0 Å². The van der Waals surface area contributed by atoms with Gasteiger partial charge in [0.25, 0.3) is 0 Å². The third-order valence-electron chi connectivity index (χ3n) is 8.65. The van der Waals surface area contributed by atoms with Gasteiger partial charge in [-0.1, -0.05) is 97.1 Å². The molecule has 202 valence electrons. The monoisotopic (exact) mass is 567 g/mol. The molecule has 0 amide bonds. The van der Waals surface area contributed by atoms with Crippen molar-refractivity contribution in [2.24, 2.45) is 0 Å². The Morgan fingerprint density at radius 2 is 1.07 bits per heavy atom. The maximum Gasteiger partial charge on any atom is 0.115 e. The topological polar surface area (TPSA) is 25.2 Å². The molecule has 3 heteroatoms. The minimum absolute atomic E-state index is 0.276. The van der Waals surface area contributed by atoms with Crippen molar-refractivity contribution in [1.29, 1.82) is 0 Å². The molecule has 1 N–H and O–H groups in total. The first kappa shape index (κ1) is 24.2. The Morgan fingerprint density at radius 3 is 1.84 bits per heavy atom. The summed E-state index contributed by atoms with van der Waals surface area (Å²) >= 11 is 1.89. The minimum Gasteiger partial charge on any atom is -0.508 e. The van der Waals surface area contributed by atoms with Crippen molar-refractivity contribution >= 4 is 64.1 Å². The van der Waals surface area contributed by atoms with Gasteiger partial charge >= 0.3 is 0 Å². The van der Waals surface area contributed by atoms with Crippen LogP contribution in [0.1, 0.15) is 0 Å². The van der Waals surface area contributed by atoms with E-state index in [1.165, 1.54) is 63.9 Å². The highest BCUT2D eigenvalue weighted by Gasteiger charge is 2.22. The quantitative estimate of drug-likeness (QED) is 0.226. The molecule has 0 aliphatic rings. The van der Waals surface area contributed by atoms with Crippen LogP contribution in [0, 0.1) is 0 Å². The zero-order chi connectivity index (χ0) is 28.5. The Bertz CT molecular complexity index is 2490. The van der Waals surface area contributed by atoms with Gasteiger partial charge in [0.05, 0.1) is 11.0 Å². The molecule has 0 aliphatic carbocycles. The van der Waals surface area contributed by atoms with Crippen LogP contribution in [0.2, 0.25) is 0 Å². The van der Waals surface area contributed by atoms with E-state index in [-0.39, 0.29) is 5.75 Å². The number of hydrogen-bond donors (Lipinski definition) is 1. The number of rotatable bonds is 3. The SMILES string of the molecule is Oc1ccc(-c2ccc3c(c2)c2c4c5cc(-c6ccccc6)ccc5sc4c4ccccc4c2n3-c2ccccc2)cc1. The number of phenols is 1. The molecule has 2 heterocycles. The zero-order valence-corrected chi connectivity index (χ0v) is 24.0. The van der Waals surface area contributed by atoms with Crippen LogP contribution in [0.25, 0.3) is 80.7 Å². The lowest BCUT2D eigenvalue weighted by Crippen LogP contribution is -1.94. The Kier molecular flexibility index (Phi) is 5.25. The van der Waals surface area contributed by atoms with Crippen molar-refractivity contribution in [2.75, 3.05) is 0 Å². The van der Waals surface area contributed by atoms with Crippen LogP contribution >= 0.6 is 11.3 Å². The molecule has 0 saturated carbocycles. The van der Waals surface area contributed by atoms with Crippen molar-refractivity contribution in [2.45, 2.75) is 0 Å². The maximum absolute atomic E-state index is 9.94. The van der Waals surface area contributed by atoms with E-state index in [0.717, 1.165) is 16.8 Å². The third-order valence-corrected chi connectivity index (χ3v) is 9.86. The van der Waals surface area contributed by atoms with Crippen molar-refractivity contribution in [3.8, 4) is 33.7 Å². The van der Waals surface area contributed by atoms with Crippen molar-refractivity contribution < 1.29 is 5.11 Å². The molecule has 0 unspecified atom stereocenters. The first-order valence-corrected chi connectivity index (χ1v) is 15.3. The van der Waals surface area contributed by atoms with Gasteiger partial charge in [0.15, 0.2) is 0 Å². The molecule has 2 nitrogen and oxygen atoms in total. The van der Waals surface area contributed by atoms with Crippen LogP contribution in [-0.2, 0) is 0 Å². The second-order valence-corrected chi connectivity index (χ2v) is 12.2. The normalized spacial score (nSPS) is 11.8. The van der Waals surface area contributed by atoms with E-state index in [1.807, 2.05) is 23.5 Å². The van der Waals surface area contributed by atoms with Crippen molar-refractivity contribution in [3.63, 3.8) is 0 Å². The summed E-state index contributed by atoms with van der Waals surface area (Å²) in [6, 6.07) is 51.5. The lowest BCUT2D eigenvalue weighted by atomic mass is 9.96. The summed E-state index contributed by atoms with van der Waals surface area (Å²) < 4.78 is 5.06. The molecule has 0 saturated heterocycles. The molecule has 0 spiro atoms. The van der Waals surface area contributed by atoms with Gasteiger partial charge in [-0.05, 0) is 70.8 Å². The summed E-state index contributed by atoms with van der Waals surface area (Å²) in [7, 11) is 0. The standard InChI is InChI=1S/C40H25NOS/c42-30-19-15-26(16-20-30)27-17-21-35-33(23-27)37-38-34-24-28(25-9-3-1-4-10-25)18-22-36(34)43-40(38)32-14-8-7-13-31(32)39(37)41(35)29-11-5-2-6-12-29/h1-24,42H. The smallest absolute Gasteiger partial charge is 0.115 e. The molecule has 0 radical (unpaired) electrons. The van der Waals surface area contributed by atoms with Gasteiger partial charge in [-0.2, -0.15) is 0 Å². The second kappa shape index (κ2) is 9.32. The lowest BCUT2D eigenvalue weighted by Gasteiger charge is -2.11. The third kappa shape index (κ3) is 3.65. The summed E-state index contributed by atoms with van der Waals surface area (Å²) in [6.07, 6.45) is 0. The van der Waals surface area contributed by atoms with E-state index in [4.69, 9.17) is 0 Å². The number of thiophene rings is 1. The molecule has 0 bridgehead atoms. The molecule has 0 atom stereocenters.